The van der Waals surface area contributed by atoms with Gasteiger partial charge in [-0.25, -0.2) is 0 Å². The summed E-state index contributed by atoms with van der Waals surface area (Å²) in [5.74, 6) is 0. The van der Waals surface area contributed by atoms with Crippen molar-refractivity contribution >= 4 is 26.7 Å². The normalized spacial score (nSPS) is 25.2. The standard InChI is InChI=1S/C21H29N3O3S/c1-4-17-6-5-7-19-20(12-22-21(17)19)18-8-10-23(11-9-18)28(25,26)24-13-15(2)27-16(3)14-24/h5-8,12,15-16,22H,4,9-11,13-14H2,1-3H3/t15-,16-/m0/s1. The van der Waals surface area contributed by atoms with Gasteiger partial charge in [0.15, 0.2) is 0 Å². The second-order valence-electron chi connectivity index (χ2n) is 7.82. The number of H-pyrrole nitrogens is 1. The molecule has 2 aromatic rings. The number of para-hydroxylation sites is 1. The Balaban J connectivity index is 1.55. The highest BCUT2D eigenvalue weighted by atomic mass is 32.2. The molecule has 0 spiro atoms. The largest absolute Gasteiger partial charge is 0.373 e. The van der Waals surface area contributed by atoms with E-state index in [1.54, 1.807) is 8.61 Å². The Morgan fingerprint density at radius 3 is 2.57 bits per heavy atom. The summed E-state index contributed by atoms with van der Waals surface area (Å²) in [6.45, 7) is 7.77. The summed E-state index contributed by atoms with van der Waals surface area (Å²) < 4.78 is 35.0. The van der Waals surface area contributed by atoms with Crippen LogP contribution in [0, 0.1) is 0 Å². The zero-order chi connectivity index (χ0) is 19.9. The van der Waals surface area contributed by atoms with Crippen molar-refractivity contribution < 1.29 is 13.2 Å². The van der Waals surface area contributed by atoms with E-state index in [0.29, 0.717) is 26.2 Å². The molecule has 0 unspecified atom stereocenters. The van der Waals surface area contributed by atoms with Gasteiger partial charge in [-0.15, -0.1) is 0 Å². The third-order valence-corrected chi connectivity index (χ3v) is 7.67. The molecule has 152 valence electrons. The fourth-order valence-corrected chi connectivity index (χ4v) is 6.07. The Hall–Kier alpha value is -1.67. The molecule has 0 aliphatic carbocycles. The van der Waals surface area contributed by atoms with Crippen LogP contribution in [0.25, 0.3) is 16.5 Å². The van der Waals surface area contributed by atoms with Crippen molar-refractivity contribution in [2.75, 3.05) is 26.2 Å². The third-order valence-electron chi connectivity index (χ3n) is 5.74. The maximum absolute atomic E-state index is 13.1. The Bertz CT molecular complexity index is 985. The minimum Gasteiger partial charge on any atom is -0.373 e. The number of aryl methyl sites for hydroxylation is 1. The van der Waals surface area contributed by atoms with Gasteiger partial charge in [0.05, 0.1) is 12.2 Å². The summed E-state index contributed by atoms with van der Waals surface area (Å²) in [5, 5.41) is 1.22. The van der Waals surface area contributed by atoms with E-state index in [9.17, 15) is 8.42 Å². The average molecular weight is 404 g/mol. The van der Waals surface area contributed by atoms with E-state index in [2.05, 4.69) is 42.4 Å². The van der Waals surface area contributed by atoms with Gasteiger partial charge in [-0.3, -0.25) is 0 Å². The monoisotopic (exact) mass is 403 g/mol. The van der Waals surface area contributed by atoms with E-state index >= 15 is 0 Å². The molecule has 1 aromatic carbocycles. The number of nitrogens with one attached hydrogen (secondary N) is 1. The Labute approximate surface area is 167 Å². The maximum atomic E-state index is 13.1. The van der Waals surface area contributed by atoms with E-state index in [1.165, 1.54) is 27.6 Å². The fraction of sp³-hybridized carbons (Fsp3) is 0.524. The van der Waals surface area contributed by atoms with Gasteiger partial charge < -0.3 is 9.72 Å². The van der Waals surface area contributed by atoms with Crippen LogP contribution in [0.4, 0.5) is 0 Å². The first-order valence-corrected chi connectivity index (χ1v) is 11.5. The molecular formula is C21H29N3O3S. The number of aromatic amines is 1. The number of morpholine rings is 1. The number of fused-ring (bicyclic) bond motifs is 1. The Morgan fingerprint density at radius 1 is 1.18 bits per heavy atom. The first-order chi connectivity index (χ1) is 13.4. The smallest absolute Gasteiger partial charge is 0.282 e. The molecule has 0 amide bonds. The third kappa shape index (κ3) is 3.52. The molecule has 0 radical (unpaired) electrons. The molecule has 2 aliphatic heterocycles. The maximum Gasteiger partial charge on any atom is 0.282 e. The zero-order valence-corrected chi connectivity index (χ0v) is 17.6. The van der Waals surface area contributed by atoms with Crippen LogP contribution in [0.3, 0.4) is 0 Å². The van der Waals surface area contributed by atoms with Crippen molar-refractivity contribution in [2.24, 2.45) is 0 Å². The van der Waals surface area contributed by atoms with Crippen molar-refractivity contribution in [3.8, 4) is 0 Å². The van der Waals surface area contributed by atoms with Crippen LogP contribution in [0.2, 0.25) is 0 Å². The van der Waals surface area contributed by atoms with Crippen molar-refractivity contribution in [1.82, 2.24) is 13.6 Å². The SMILES string of the molecule is CCc1cccc2c(C3=CCN(S(=O)(=O)N4C[C@H](C)O[C@@H](C)C4)CC3)c[nH]c12. The predicted molar refractivity (Wildman–Crippen MR) is 112 cm³/mol. The number of rotatable bonds is 4. The molecule has 1 saturated heterocycles. The van der Waals surface area contributed by atoms with Gasteiger partial charge >= 0.3 is 0 Å². The number of benzene rings is 1. The molecule has 1 fully saturated rings. The van der Waals surface area contributed by atoms with E-state index in [4.69, 9.17) is 4.74 Å². The number of hydrogen-bond donors (Lipinski definition) is 1. The second-order valence-corrected chi connectivity index (χ2v) is 9.74. The fourth-order valence-electron chi connectivity index (χ4n) is 4.36. The molecule has 7 heteroatoms. The minimum absolute atomic E-state index is 0.0756. The molecule has 2 aliphatic rings. The van der Waals surface area contributed by atoms with Crippen molar-refractivity contribution in [3.63, 3.8) is 0 Å². The molecule has 28 heavy (non-hydrogen) atoms. The number of hydrogen-bond acceptors (Lipinski definition) is 3. The molecule has 3 heterocycles. The molecule has 1 N–H and O–H groups in total. The highest BCUT2D eigenvalue weighted by Crippen LogP contribution is 2.32. The molecular weight excluding hydrogens is 374 g/mol. The lowest BCUT2D eigenvalue weighted by molar-refractivity contribution is -0.0454. The number of aromatic nitrogens is 1. The van der Waals surface area contributed by atoms with Gasteiger partial charge in [0.1, 0.15) is 0 Å². The summed E-state index contributed by atoms with van der Waals surface area (Å²) in [4.78, 5) is 3.41. The number of ether oxygens (including phenoxy) is 1. The van der Waals surface area contributed by atoms with Crippen LogP contribution in [0.1, 0.15) is 38.3 Å². The lowest BCUT2D eigenvalue weighted by Crippen LogP contribution is -2.53. The zero-order valence-electron chi connectivity index (χ0n) is 16.8. The minimum atomic E-state index is -3.46. The Morgan fingerprint density at radius 2 is 1.93 bits per heavy atom. The van der Waals surface area contributed by atoms with E-state index in [1.807, 2.05) is 13.8 Å². The van der Waals surface area contributed by atoms with Crippen molar-refractivity contribution in [1.29, 1.82) is 0 Å². The van der Waals surface area contributed by atoms with Gasteiger partial charge in [0.25, 0.3) is 10.2 Å². The summed E-state index contributed by atoms with van der Waals surface area (Å²) in [5.41, 5.74) is 4.90. The average Bonchev–Trinajstić information content (AvgIpc) is 3.11. The number of nitrogens with zero attached hydrogens (tertiary/aromatic N) is 2. The van der Waals surface area contributed by atoms with Crippen LogP contribution in [0.15, 0.2) is 30.5 Å². The summed E-state index contributed by atoms with van der Waals surface area (Å²) in [7, 11) is -3.46. The predicted octanol–water partition coefficient (Wildman–Crippen LogP) is 3.17. The van der Waals surface area contributed by atoms with Crippen LogP contribution in [0.5, 0.6) is 0 Å². The molecule has 6 nitrogen and oxygen atoms in total. The lowest BCUT2D eigenvalue weighted by atomic mass is 9.98. The van der Waals surface area contributed by atoms with Crippen LogP contribution < -0.4 is 0 Å². The van der Waals surface area contributed by atoms with Crippen LogP contribution in [-0.2, 0) is 21.4 Å². The molecule has 2 atom stereocenters. The first-order valence-electron chi connectivity index (χ1n) is 10.1. The topological polar surface area (TPSA) is 65.6 Å². The molecule has 0 bridgehead atoms. The van der Waals surface area contributed by atoms with Crippen LogP contribution in [-0.4, -0.2) is 60.4 Å². The second kappa shape index (κ2) is 7.63. The first kappa shape index (κ1) is 19.6. The quantitative estimate of drug-likeness (QED) is 0.853. The van der Waals surface area contributed by atoms with Crippen LogP contribution >= 0.6 is 0 Å². The highest BCUT2D eigenvalue weighted by Gasteiger charge is 2.35. The van der Waals surface area contributed by atoms with Gasteiger partial charge in [0, 0.05) is 48.8 Å². The van der Waals surface area contributed by atoms with E-state index < -0.39 is 10.2 Å². The van der Waals surface area contributed by atoms with Crippen molar-refractivity contribution in [3.05, 3.63) is 41.6 Å². The summed E-state index contributed by atoms with van der Waals surface area (Å²) in [6, 6.07) is 6.39. The van der Waals surface area contributed by atoms with Gasteiger partial charge in [0.2, 0.25) is 0 Å². The molecule has 1 aromatic heterocycles. The van der Waals surface area contributed by atoms with Crippen molar-refractivity contribution in [2.45, 2.75) is 45.8 Å². The lowest BCUT2D eigenvalue weighted by Gasteiger charge is -2.38. The molecule has 0 saturated carbocycles. The molecule has 4 rings (SSSR count). The summed E-state index contributed by atoms with van der Waals surface area (Å²) in [6.07, 6.45) is 5.68. The van der Waals surface area contributed by atoms with E-state index in [-0.39, 0.29) is 12.2 Å². The van der Waals surface area contributed by atoms with Gasteiger partial charge in [-0.2, -0.15) is 17.0 Å². The van der Waals surface area contributed by atoms with Gasteiger partial charge in [-0.05, 0) is 37.8 Å². The van der Waals surface area contributed by atoms with E-state index in [0.717, 1.165) is 12.8 Å². The highest BCUT2D eigenvalue weighted by molar-refractivity contribution is 7.86. The summed E-state index contributed by atoms with van der Waals surface area (Å²) >= 11 is 0. The van der Waals surface area contributed by atoms with Gasteiger partial charge in [-0.1, -0.05) is 31.2 Å². The Kier molecular flexibility index (Phi) is 5.35.